The molecule has 0 spiro atoms. The zero-order valence-electron chi connectivity index (χ0n) is 14.9. The van der Waals surface area contributed by atoms with Crippen LogP contribution < -0.4 is 27.4 Å². The first-order chi connectivity index (χ1) is 13.4. The molecule has 1 saturated heterocycles. The van der Waals surface area contributed by atoms with E-state index >= 15 is 0 Å². The van der Waals surface area contributed by atoms with Crippen LogP contribution in [0.15, 0.2) is 18.5 Å². The number of piperazine rings is 1. The topological polar surface area (TPSA) is 169 Å². The van der Waals surface area contributed by atoms with Crippen LogP contribution in [0.2, 0.25) is 5.15 Å². The summed E-state index contributed by atoms with van der Waals surface area (Å²) in [5.41, 5.74) is 17.8. The lowest BCUT2D eigenvalue weighted by atomic mass is 10.2. The van der Waals surface area contributed by atoms with Crippen LogP contribution >= 0.6 is 11.6 Å². The van der Waals surface area contributed by atoms with Gasteiger partial charge in [-0.2, -0.15) is 0 Å². The Morgan fingerprint density at radius 1 is 1.14 bits per heavy atom. The summed E-state index contributed by atoms with van der Waals surface area (Å²) in [6.45, 7) is 2.25. The number of anilines is 4. The molecule has 148 valence electrons. The second-order valence-corrected chi connectivity index (χ2v) is 6.41. The van der Waals surface area contributed by atoms with Crippen molar-refractivity contribution in [3.05, 3.63) is 29.3 Å². The zero-order valence-corrected chi connectivity index (χ0v) is 15.7. The van der Waals surface area contributed by atoms with Gasteiger partial charge < -0.3 is 32.3 Å². The Morgan fingerprint density at radius 2 is 1.86 bits per heavy atom. The highest BCUT2D eigenvalue weighted by molar-refractivity contribution is 6.31. The Kier molecular flexibility index (Phi) is 5.76. The molecule has 1 fully saturated rings. The number of hydrogen-bond donors (Lipinski definition) is 4. The van der Waals surface area contributed by atoms with Gasteiger partial charge >= 0.3 is 0 Å². The molecule has 3 heterocycles. The lowest BCUT2D eigenvalue weighted by molar-refractivity contribution is -0.129. The van der Waals surface area contributed by atoms with Crippen molar-refractivity contribution >= 4 is 46.4 Å². The second-order valence-electron chi connectivity index (χ2n) is 6.05. The number of carbonyl (C=O) groups excluding carboxylic acids is 2. The third-order valence-electron chi connectivity index (χ3n) is 4.31. The van der Waals surface area contributed by atoms with E-state index in [9.17, 15) is 9.59 Å². The Bertz CT molecular complexity index is 900. The average molecular weight is 406 g/mol. The maximum Gasteiger partial charge on any atom is 0.278 e. The highest BCUT2D eigenvalue weighted by atomic mass is 35.5. The van der Waals surface area contributed by atoms with Crippen molar-refractivity contribution < 1.29 is 9.59 Å². The molecular weight excluding hydrogens is 386 g/mol. The average Bonchev–Trinajstić information content (AvgIpc) is 2.70. The minimum absolute atomic E-state index is 0.0107. The van der Waals surface area contributed by atoms with Gasteiger partial charge in [0.25, 0.3) is 5.91 Å². The second kappa shape index (κ2) is 8.23. The van der Waals surface area contributed by atoms with E-state index in [0.29, 0.717) is 31.9 Å². The number of nitrogens with zero attached hydrogens (tertiary/aromatic N) is 5. The lowest BCUT2D eigenvalue weighted by Gasteiger charge is -2.36. The number of rotatable bonds is 4. The SMILES string of the molecule is NCC(=O)N1CCN(c2ccncc2NC(=O)c2nc(Cl)c(N)nc2N)CC1. The van der Waals surface area contributed by atoms with E-state index in [1.54, 1.807) is 17.2 Å². The fourth-order valence-electron chi connectivity index (χ4n) is 2.88. The van der Waals surface area contributed by atoms with Crippen molar-refractivity contribution in [2.75, 3.05) is 54.4 Å². The molecule has 0 atom stereocenters. The number of amides is 2. The summed E-state index contributed by atoms with van der Waals surface area (Å²) < 4.78 is 0. The maximum atomic E-state index is 12.6. The van der Waals surface area contributed by atoms with Gasteiger partial charge in [-0.1, -0.05) is 11.6 Å². The number of aromatic nitrogens is 3. The first kappa shape index (κ1) is 19.6. The van der Waals surface area contributed by atoms with Crippen LogP contribution in [0.3, 0.4) is 0 Å². The van der Waals surface area contributed by atoms with Crippen molar-refractivity contribution in [1.82, 2.24) is 19.9 Å². The maximum absolute atomic E-state index is 12.6. The molecular formula is C16H20ClN9O2. The molecule has 0 unspecified atom stereocenters. The molecule has 2 amide bonds. The third kappa shape index (κ3) is 4.05. The van der Waals surface area contributed by atoms with Gasteiger partial charge in [-0.3, -0.25) is 14.6 Å². The molecule has 7 N–H and O–H groups in total. The number of halogens is 1. The molecule has 0 radical (unpaired) electrons. The Balaban J connectivity index is 1.77. The molecule has 0 aromatic carbocycles. The first-order valence-corrected chi connectivity index (χ1v) is 8.85. The number of nitrogens with two attached hydrogens (primary N) is 3. The number of carbonyl (C=O) groups is 2. The van der Waals surface area contributed by atoms with Crippen LogP contribution in [0.1, 0.15) is 10.5 Å². The molecule has 2 aromatic rings. The normalized spacial score (nSPS) is 14.1. The summed E-state index contributed by atoms with van der Waals surface area (Å²) in [5.74, 6) is -0.850. The minimum atomic E-state index is -0.585. The van der Waals surface area contributed by atoms with Crippen LogP contribution in [0.4, 0.5) is 23.0 Å². The molecule has 0 aliphatic carbocycles. The van der Waals surface area contributed by atoms with E-state index in [2.05, 4.69) is 20.3 Å². The molecule has 28 heavy (non-hydrogen) atoms. The summed E-state index contributed by atoms with van der Waals surface area (Å²) in [6.07, 6.45) is 3.14. The molecule has 3 rings (SSSR count). The smallest absolute Gasteiger partial charge is 0.278 e. The quantitative estimate of drug-likeness (QED) is 0.525. The predicted molar refractivity (Wildman–Crippen MR) is 106 cm³/mol. The standard InChI is InChI=1S/C16H20ClN9O2/c17-13-15(20)24-14(19)12(23-13)16(28)22-9-8-21-2-1-10(9)25-3-5-26(6-4-25)11(27)7-18/h1-2,8H,3-7,18H2,(H,22,28)(H4,19,20,24). The Labute approximate surface area is 165 Å². The highest BCUT2D eigenvalue weighted by Gasteiger charge is 2.23. The molecule has 1 aliphatic rings. The van der Waals surface area contributed by atoms with E-state index in [1.165, 1.54) is 6.20 Å². The Hall–Kier alpha value is -3.18. The van der Waals surface area contributed by atoms with E-state index in [0.717, 1.165) is 5.69 Å². The molecule has 0 saturated carbocycles. The van der Waals surface area contributed by atoms with Gasteiger partial charge in [0, 0.05) is 32.4 Å². The van der Waals surface area contributed by atoms with E-state index in [4.69, 9.17) is 28.8 Å². The molecule has 11 nitrogen and oxygen atoms in total. The molecule has 1 aliphatic heterocycles. The van der Waals surface area contributed by atoms with Crippen molar-refractivity contribution in [1.29, 1.82) is 0 Å². The van der Waals surface area contributed by atoms with Crippen molar-refractivity contribution in [3.8, 4) is 0 Å². The number of nitrogens with one attached hydrogen (secondary N) is 1. The lowest BCUT2D eigenvalue weighted by Crippen LogP contribution is -2.50. The fourth-order valence-corrected chi connectivity index (χ4v) is 3.00. The first-order valence-electron chi connectivity index (χ1n) is 8.47. The van der Waals surface area contributed by atoms with Crippen molar-refractivity contribution in [3.63, 3.8) is 0 Å². The summed E-state index contributed by atoms with van der Waals surface area (Å²) in [7, 11) is 0. The van der Waals surface area contributed by atoms with Crippen molar-refractivity contribution in [2.45, 2.75) is 0 Å². The Morgan fingerprint density at radius 3 is 2.54 bits per heavy atom. The fraction of sp³-hybridized carbons (Fsp3) is 0.312. The van der Waals surface area contributed by atoms with Gasteiger partial charge in [-0.15, -0.1) is 0 Å². The van der Waals surface area contributed by atoms with E-state index in [1.807, 2.05) is 4.90 Å². The molecule has 12 heteroatoms. The number of hydrogen-bond acceptors (Lipinski definition) is 9. The summed E-state index contributed by atoms with van der Waals surface area (Å²) in [4.78, 5) is 39.9. The van der Waals surface area contributed by atoms with Crippen molar-refractivity contribution in [2.24, 2.45) is 5.73 Å². The van der Waals surface area contributed by atoms with E-state index < -0.39 is 5.91 Å². The van der Waals surface area contributed by atoms with Crippen LogP contribution in [0.5, 0.6) is 0 Å². The van der Waals surface area contributed by atoms with Gasteiger partial charge in [-0.05, 0) is 6.07 Å². The van der Waals surface area contributed by atoms with Crippen LogP contribution in [-0.4, -0.2) is 64.4 Å². The van der Waals surface area contributed by atoms with E-state index in [-0.39, 0.29) is 34.9 Å². The van der Waals surface area contributed by atoms with Gasteiger partial charge in [0.15, 0.2) is 22.5 Å². The molecule has 2 aromatic heterocycles. The summed E-state index contributed by atoms with van der Waals surface area (Å²) >= 11 is 5.84. The van der Waals surface area contributed by atoms with Crippen LogP contribution in [0, 0.1) is 0 Å². The van der Waals surface area contributed by atoms with Gasteiger partial charge in [0.05, 0.1) is 24.1 Å². The monoisotopic (exact) mass is 405 g/mol. The minimum Gasteiger partial charge on any atom is -0.382 e. The highest BCUT2D eigenvalue weighted by Crippen LogP contribution is 2.27. The third-order valence-corrected chi connectivity index (χ3v) is 4.59. The predicted octanol–water partition coefficient (Wildman–Crippen LogP) is -0.451. The molecule has 0 bridgehead atoms. The zero-order chi connectivity index (χ0) is 20.3. The van der Waals surface area contributed by atoms with Gasteiger partial charge in [0.1, 0.15) is 0 Å². The number of pyridine rings is 1. The van der Waals surface area contributed by atoms with Gasteiger partial charge in [-0.25, -0.2) is 9.97 Å². The number of nitrogen functional groups attached to an aromatic ring is 2. The van der Waals surface area contributed by atoms with Crippen LogP contribution in [-0.2, 0) is 4.79 Å². The van der Waals surface area contributed by atoms with Crippen LogP contribution in [0.25, 0.3) is 0 Å². The summed E-state index contributed by atoms with van der Waals surface area (Å²) in [6, 6.07) is 1.78. The summed E-state index contributed by atoms with van der Waals surface area (Å²) in [5, 5.41) is 2.63. The van der Waals surface area contributed by atoms with Gasteiger partial charge in [0.2, 0.25) is 5.91 Å². The largest absolute Gasteiger partial charge is 0.382 e.